The number of ether oxygens (including phenoxy) is 1. The van der Waals surface area contributed by atoms with Gasteiger partial charge in [0.2, 0.25) is 0 Å². The van der Waals surface area contributed by atoms with E-state index in [0.717, 1.165) is 5.56 Å². The molecule has 120 valence electrons. The Morgan fingerprint density at radius 1 is 1.32 bits per heavy atom. The molecule has 0 bridgehead atoms. The summed E-state index contributed by atoms with van der Waals surface area (Å²) in [6.45, 7) is 0.684. The Morgan fingerprint density at radius 3 is 2.59 bits per heavy atom. The number of methoxy groups -OCH3 is 1. The van der Waals surface area contributed by atoms with Crippen molar-refractivity contribution in [1.29, 1.82) is 0 Å². The molecule has 1 heterocycles. The van der Waals surface area contributed by atoms with Crippen molar-refractivity contribution >= 4 is 22.9 Å². The van der Waals surface area contributed by atoms with E-state index in [9.17, 15) is 9.59 Å². The van der Waals surface area contributed by atoms with Crippen LogP contribution in [-0.2, 0) is 21.0 Å². The van der Waals surface area contributed by atoms with Gasteiger partial charge in [-0.3, -0.25) is 14.4 Å². The number of benzene rings is 1. The normalized spacial score (nSPS) is 21.2. The standard InChI is InChI=1S/C15H19ClN2O4/c1-21-14(19)13-8-7-12(9-17-13)18(15(16)20)22-10-11-5-3-2-4-6-11/h2-6,12-13,17H,7-10H2,1H3/t12-,13+/m1/s1. The number of piperidine rings is 1. The molecule has 6 nitrogen and oxygen atoms in total. The van der Waals surface area contributed by atoms with Crippen molar-refractivity contribution in [2.24, 2.45) is 0 Å². The smallest absolute Gasteiger partial charge is 0.340 e. The van der Waals surface area contributed by atoms with E-state index in [0.29, 0.717) is 19.4 Å². The van der Waals surface area contributed by atoms with E-state index in [1.807, 2.05) is 30.3 Å². The number of carbonyl (C=O) groups excluding carboxylic acids is 2. The molecule has 1 fully saturated rings. The fourth-order valence-corrected chi connectivity index (χ4v) is 2.59. The van der Waals surface area contributed by atoms with E-state index in [1.54, 1.807) is 0 Å². The first-order chi connectivity index (χ1) is 10.6. The van der Waals surface area contributed by atoms with Crippen molar-refractivity contribution in [3.63, 3.8) is 0 Å². The van der Waals surface area contributed by atoms with Crippen LogP contribution in [0, 0.1) is 0 Å². The highest BCUT2D eigenvalue weighted by Crippen LogP contribution is 2.18. The van der Waals surface area contributed by atoms with Crippen LogP contribution in [0.1, 0.15) is 18.4 Å². The lowest BCUT2D eigenvalue weighted by Gasteiger charge is -2.34. The first-order valence-electron chi connectivity index (χ1n) is 7.08. The van der Waals surface area contributed by atoms with Crippen molar-refractivity contribution in [2.45, 2.75) is 31.5 Å². The van der Waals surface area contributed by atoms with Crippen LogP contribution in [0.15, 0.2) is 30.3 Å². The third-order valence-electron chi connectivity index (χ3n) is 3.59. The zero-order chi connectivity index (χ0) is 15.9. The van der Waals surface area contributed by atoms with Gasteiger partial charge in [0, 0.05) is 6.54 Å². The molecule has 0 radical (unpaired) electrons. The summed E-state index contributed by atoms with van der Waals surface area (Å²) < 4.78 is 4.70. The Labute approximate surface area is 134 Å². The average molecular weight is 327 g/mol. The molecule has 2 atom stereocenters. The molecule has 0 aromatic heterocycles. The molecular formula is C15H19ClN2O4. The maximum atomic E-state index is 11.6. The van der Waals surface area contributed by atoms with Crippen molar-refractivity contribution < 1.29 is 19.2 Å². The van der Waals surface area contributed by atoms with Gasteiger partial charge in [0.1, 0.15) is 12.6 Å². The second-order valence-corrected chi connectivity index (χ2v) is 5.38. The van der Waals surface area contributed by atoms with Gasteiger partial charge >= 0.3 is 11.3 Å². The molecule has 1 aromatic carbocycles. The van der Waals surface area contributed by atoms with E-state index >= 15 is 0 Å². The van der Waals surface area contributed by atoms with Gasteiger partial charge in [-0.25, -0.2) is 5.06 Å². The molecule has 1 N–H and O–H groups in total. The molecule has 0 saturated carbocycles. The third-order valence-corrected chi connectivity index (χ3v) is 3.76. The van der Waals surface area contributed by atoms with Gasteiger partial charge in [0.25, 0.3) is 0 Å². The monoisotopic (exact) mass is 326 g/mol. The summed E-state index contributed by atoms with van der Waals surface area (Å²) in [6, 6.07) is 8.96. The Kier molecular flexibility index (Phi) is 6.18. The molecule has 7 heteroatoms. The molecule has 0 spiro atoms. The first kappa shape index (κ1) is 16.7. The minimum absolute atomic E-state index is 0.213. The lowest BCUT2D eigenvalue weighted by molar-refractivity contribution is -0.157. The topological polar surface area (TPSA) is 67.9 Å². The number of carbonyl (C=O) groups is 2. The Balaban J connectivity index is 1.89. The van der Waals surface area contributed by atoms with Crippen molar-refractivity contribution in [3.05, 3.63) is 35.9 Å². The molecule has 1 aliphatic rings. The lowest BCUT2D eigenvalue weighted by Crippen LogP contribution is -2.52. The molecule has 1 aliphatic heterocycles. The predicted octanol–water partition coefficient (Wildman–Crippen LogP) is 2.07. The second kappa shape index (κ2) is 8.12. The third kappa shape index (κ3) is 4.43. The number of esters is 1. The molecule has 22 heavy (non-hydrogen) atoms. The molecular weight excluding hydrogens is 308 g/mol. The van der Waals surface area contributed by atoms with Crippen molar-refractivity contribution in [3.8, 4) is 0 Å². The number of halogens is 1. The zero-order valence-electron chi connectivity index (χ0n) is 12.3. The van der Waals surface area contributed by atoms with Gasteiger partial charge in [0.05, 0.1) is 13.2 Å². The SMILES string of the molecule is COC(=O)[C@@H]1CC[C@@H](N(OCc2ccccc2)C(=O)Cl)CN1. The van der Waals surface area contributed by atoms with Crippen LogP contribution < -0.4 is 5.32 Å². The van der Waals surface area contributed by atoms with Gasteiger partial charge in [-0.2, -0.15) is 0 Å². The van der Waals surface area contributed by atoms with Crippen LogP contribution in [0.3, 0.4) is 0 Å². The van der Waals surface area contributed by atoms with E-state index in [2.05, 4.69) is 5.32 Å². The highest BCUT2D eigenvalue weighted by molar-refractivity contribution is 6.62. The number of hydrogen-bond acceptors (Lipinski definition) is 5. The van der Waals surface area contributed by atoms with E-state index in [1.165, 1.54) is 12.2 Å². The van der Waals surface area contributed by atoms with Crippen LogP contribution in [0.4, 0.5) is 4.79 Å². The minimum atomic E-state index is -0.667. The molecule has 0 unspecified atom stereocenters. The molecule has 1 aromatic rings. The molecule has 1 saturated heterocycles. The van der Waals surface area contributed by atoms with E-state index < -0.39 is 5.37 Å². The lowest BCUT2D eigenvalue weighted by atomic mass is 10.0. The molecule has 1 amide bonds. The highest BCUT2D eigenvalue weighted by atomic mass is 35.5. The summed E-state index contributed by atoms with van der Waals surface area (Å²) >= 11 is 5.61. The minimum Gasteiger partial charge on any atom is -0.468 e. The summed E-state index contributed by atoms with van der Waals surface area (Å²) in [5.41, 5.74) is 0.946. The summed E-state index contributed by atoms with van der Waals surface area (Å²) in [7, 11) is 1.35. The van der Waals surface area contributed by atoms with E-state index in [-0.39, 0.29) is 24.7 Å². The number of amides is 1. The van der Waals surface area contributed by atoms with Gasteiger partial charge in [-0.15, -0.1) is 0 Å². The quantitative estimate of drug-likeness (QED) is 0.388. The second-order valence-electron chi connectivity index (χ2n) is 5.05. The largest absolute Gasteiger partial charge is 0.468 e. The maximum Gasteiger partial charge on any atom is 0.340 e. The van der Waals surface area contributed by atoms with Crippen LogP contribution >= 0.6 is 11.6 Å². The van der Waals surface area contributed by atoms with Crippen molar-refractivity contribution in [1.82, 2.24) is 10.4 Å². The number of rotatable bonds is 5. The number of hydroxylamine groups is 2. The number of nitrogens with zero attached hydrogens (tertiary/aromatic N) is 1. The molecule has 2 rings (SSSR count). The highest BCUT2D eigenvalue weighted by Gasteiger charge is 2.32. The van der Waals surface area contributed by atoms with Crippen LogP contribution in [0.2, 0.25) is 0 Å². The average Bonchev–Trinajstić information content (AvgIpc) is 2.55. The zero-order valence-corrected chi connectivity index (χ0v) is 13.1. The summed E-state index contributed by atoms with van der Waals surface area (Å²) in [4.78, 5) is 28.6. The molecule has 0 aliphatic carbocycles. The Hall–Kier alpha value is -1.63. The van der Waals surface area contributed by atoms with Gasteiger partial charge < -0.3 is 10.1 Å². The fourth-order valence-electron chi connectivity index (χ4n) is 2.40. The number of hydrogen-bond donors (Lipinski definition) is 1. The maximum absolute atomic E-state index is 11.6. The number of nitrogens with one attached hydrogen (secondary N) is 1. The summed E-state index contributed by atoms with van der Waals surface area (Å²) in [5, 5.41) is 3.55. The van der Waals surface area contributed by atoms with Crippen LogP contribution in [-0.4, -0.2) is 42.1 Å². The summed E-state index contributed by atoms with van der Waals surface area (Å²) in [5.74, 6) is -0.299. The Morgan fingerprint density at radius 2 is 2.05 bits per heavy atom. The van der Waals surface area contributed by atoms with Crippen LogP contribution in [0.25, 0.3) is 0 Å². The first-order valence-corrected chi connectivity index (χ1v) is 7.46. The summed E-state index contributed by atoms with van der Waals surface area (Å²) in [6.07, 6.45) is 1.17. The fraction of sp³-hybridized carbons (Fsp3) is 0.467. The van der Waals surface area contributed by atoms with Gasteiger partial charge in [-0.05, 0) is 30.0 Å². The van der Waals surface area contributed by atoms with Crippen LogP contribution in [0.5, 0.6) is 0 Å². The predicted molar refractivity (Wildman–Crippen MR) is 81.1 cm³/mol. The van der Waals surface area contributed by atoms with Gasteiger partial charge in [0.15, 0.2) is 0 Å². The van der Waals surface area contributed by atoms with Gasteiger partial charge in [-0.1, -0.05) is 30.3 Å². The Bertz CT molecular complexity index is 504. The van der Waals surface area contributed by atoms with Crippen molar-refractivity contribution in [2.75, 3.05) is 13.7 Å². The van der Waals surface area contributed by atoms with E-state index in [4.69, 9.17) is 21.2 Å².